The maximum absolute atomic E-state index is 12.9. The van der Waals surface area contributed by atoms with Crippen molar-refractivity contribution in [1.29, 1.82) is 0 Å². The molecule has 0 spiro atoms. The van der Waals surface area contributed by atoms with Gasteiger partial charge in [-0.2, -0.15) is 0 Å². The Morgan fingerprint density at radius 3 is 2.30 bits per heavy atom. The summed E-state index contributed by atoms with van der Waals surface area (Å²) in [4.78, 5) is 17.2. The van der Waals surface area contributed by atoms with Crippen LogP contribution in [0.3, 0.4) is 0 Å². The lowest BCUT2D eigenvalue weighted by molar-refractivity contribution is -0.132. The number of carbonyl (C=O) groups is 1. The molecule has 1 N–H and O–H groups in total. The number of nitrogens with zero attached hydrogens (tertiary/aromatic N) is 2. The molecule has 1 aliphatic carbocycles. The van der Waals surface area contributed by atoms with Crippen molar-refractivity contribution in [3.05, 3.63) is 83.9 Å². The van der Waals surface area contributed by atoms with Crippen LogP contribution in [0.15, 0.2) is 72.8 Å². The first-order valence-corrected chi connectivity index (χ1v) is 11.4. The molecule has 0 bridgehead atoms. The van der Waals surface area contributed by atoms with Crippen molar-refractivity contribution in [2.75, 3.05) is 39.8 Å². The molecule has 4 nitrogen and oxygen atoms in total. The van der Waals surface area contributed by atoms with Gasteiger partial charge >= 0.3 is 0 Å². The maximum Gasteiger partial charge on any atom is 0.236 e. The van der Waals surface area contributed by atoms with Gasteiger partial charge in [-0.3, -0.25) is 4.79 Å². The number of fused-ring (bicyclic) bond motifs is 1. The molecule has 2 atom stereocenters. The third-order valence-electron chi connectivity index (χ3n) is 7.06. The molecule has 1 aliphatic heterocycles. The first-order chi connectivity index (χ1) is 15.1. The second-order valence-corrected chi connectivity index (χ2v) is 9.22. The van der Waals surface area contributed by atoms with E-state index in [0.29, 0.717) is 12.5 Å². The summed E-state index contributed by atoms with van der Waals surface area (Å²) in [5.41, 5.74) is 2.64. The summed E-state index contributed by atoms with van der Waals surface area (Å²) in [7, 11) is 2.12. The van der Waals surface area contributed by atoms with E-state index in [1.807, 2.05) is 4.90 Å². The lowest BCUT2D eigenvalue weighted by Gasteiger charge is -2.33. The third kappa shape index (κ3) is 5.70. The number of hydrogen-bond donors (Lipinski definition) is 1. The topological polar surface area (TPSA) is 35.6 Å². The highest BCUT2D eigenvalue weighted by atomic mass is 35.5. The van der Waals surface area contributed by atoms with Crippen LogP contribution in [-0.2, 0) is 11.2 Å². The summed E-state index contributed by atoms with van der Waals surface area (Å²) < 4.78 is 0. The van der Waals surface area contributed by atoms with E-state index in [9.17, 15) is 4.79 Å². The summed E-state index contributed by atoms with van der Waals surface area (Å²) in [6, 6.07) is 26.0. The average molecular weight is 486 g/mol. The molecule has 1 amide bonds. The van der Waals surface area contributed by atoms with Gasteiger partial charge in [0.25, 0.3) is 0 Å². The zero-order valence-electron chi connectivity index (χ0n) is 19.1. The Labute approximate surface area is 209 Å². The third-order valence-corrected chi connectivity index (χ3v) is 7.06. The van der Waals surface area contributed by atoms with Gasteiger partial charge in [0.2, 0.25) is 5.91 Å². The van der Waals surface area contributed by atoms with Crippen LogP contribution >= 0.6 is 24.8 Å². The van der Waals surface area contributed by atoms with E-state index in [2.05, 4.69) is 90.1 Å². The molecule has 6 heteroatoms. The highest BCUT2D eigenvalue weighted by molar-refractivity contribution is 5.85. The van der Waals surface area contributed by atoms with E-state index in [1.165, 1.54) is 21.9 Å². The second-order valence-electron chi connectivity index (χ2n) is 9.22. The van der Waals surface area contributed by atoms with Gasteiger partial charge in [-0.15, -0.1) is 24.8 Å². The fourth-order valence-corrected chi connectivity index (χ4v) is 5.01. The van der Waals surface area contributed by atoms with Crippen LogP contribution < -0.4 is 5.32 Å². The number of nitrogens with one attached hydrogen (secondary N) is 1. The lowest BCUT2D eigenvalue weighted by atomic mass is 9.96. The van der Waals surface area contributed by atoms with Gasteiger partial charge in [-0.1, -0.05) is 72.8 Å². The van der Waals surface area contributed by atoms with Crippen LogP contribution in [-0.4, -0.2) is 61.0 Å². The molecule has 2 unspecified atom stereocenters. The highest BCUT2D eigenvalue weighted by Crippen LogP contribution is 2.53. The maximum atomic E-state index is 12.9. The predicted molar refractivity (Wildman–Crippen MR) is 141 cm³/mol. The molecule has 1 heterocycles. The van der Waals surface area contributed by atoms with E-state index in [1.54, 1.807) is 0 Å². The first-order valence-electron chi connectivity index (χ1n) is 11.4. The Bertz CT molecular complexity index is 1070. The smallest absolute Gasteiger partial charge is 0.236 e. The minimum atomic E-state index is -0.0496. The normalized spacial score (nSPS) is 22.3. The predicted octanol–water partition coefficient (Wildman–Crippen LogP) is 4.52. The van der Waals surface area contributed by atoms with Gasteiger partial charge in [0.05, 0.1) is 6.54 Å². The summed E-state index contributed by atoms with van der Waals surface area (Å²) in [6.07, 6.45) is 2.01. The van der Waals surface area contributed by atoms with Crippen molar-refractivity contribution in [3.8, 4) is 0 Å². The van der Waals surface area contributed by atoms with Crippen LogP contribution in [0, 0.1) is 0 Å². The van der Waals surface area contributed by atoms with Crippen molar-refractivity contribution in [2.24, 2.45) is 0 Å². The lowest BCUT2D eigenvalue weighted by Crippen LogP contribution is -2.51. The highest BCUT2D eigenvalue weighted by Gasteiger charge is 2.54. The minimum absolute atomic E-state index is 0. The van der Waals surface area contributed by atoms with Gasteiger partial charge < -0.3 is 15.1 Å². The summed E-state index contributed by atoms with van der Waals surface area (Å²) in [5, 5.41) is 6.27. The Kier molecular flexibility index (Phi) is 8.41. The molecule has 176 valence electrons. The van der Waals surface area contributed by atoms with E-state index in [-0.39, 0.29) is 36.3 Å². The first kappa shape index (κ1) is 25.5. The molecule has 0 aromatic heterocycles. The van der Waals surface area contributed by atoms with E-state index in [4.69, 9.17) is 0 Å². The molecule has 33 heavy (non-hydrogen) atoms. The SMILES string of the molecule is CN1CCN(C(=O)CNC2(Cc3ccc4ccccc4c3)CC2c2ccccc2)CC1.Cl.Cl. The van der Waals surface area contributed by atoms with E-state index >= 15 is 0 Å². The molecule has 3 aromatic rings. The number of amides is 1. The minimum Gasteiger partial charge on any atom is -0.339 e. The van der Waals surface area contributed by atoms with Crippen molar-refractivity contribution >= 4 is 41.5 Å². The fraction of sp³-hybridized carbons (Fsp3) is 0.370. The van der Waals surface area contributed by atoms with Gasteiger partial charge in [-0.25, -0.2) is 0 Å². The Balaban J connectivity index is 0.00000153. The standard InChI is InChI=1S/C27H31N3O.2ClH/c1-29-13-15-30(16-14-29)26(31)20-28-27(19-25(27)23-8-3-2-4-9-23)18-21-11-12-22-7-5-6-10-24(22)17-21;;/h2-12,17,25,28H,13-16,18-20H2,1H3;2*1H. The zero-order valence-corrected chi connectivity index (χ0v) is 20.7. The van der Waals surface area contributed by atoms with Crippen molar-refractivity contribution in [1.82, 2.24) is 15.1 Å². The molecule has 1 saturated carbocycles. The van der Waals surface area contributed by atoms with Gasteiger partial charge in [0, 0.05) is 37.6 Å². The molecule has 0 radical (unpaired) electrons. The summed E-state index contributed by atoms with van der Waals surface area (Å²) in [5.74, 6) is 0.671. The largest absolute Gasteiger partial charge is 0.339 e. The van der Waals surface area contributed by atoms with Crippen LogP contribution in [0.25, 0.3) is 10.8 Å². The monoisotopic (exact) mass is 485 g/mol. The number of rotatable bonds is 6. The number of benzene rings is 3. The van der Waals surface area contributed by atoms with Gasteiger partial charge in [-0.05, 0) is 41.8 Å². The number of piperazine rings is 1. The number of likely N-dealkylation sites (N-methyl/N-ethyl adjacent to an activating group) is 1. The second kappa shape index (κ2) is 10.9. The van der Waals surface area contributed by atoms with Crippen LogP contribution in [0.2, 0.25) is 0 Å². The number of carbonyl (C=O) groups excluding carboxylic acids is 1. The van der Waals surface area contributed by atoms with Crippen molar-refractivity contribution in [3.63, 3.8) is 0 Å². The fourth-order valence-electron chi connectivity index (χ4n) is 5.01. The summed E-state index contributed by atoms with van der Waals surface area (Å²) >= 11 is 0. The Morgan fingerprint density at radius 2 is 1.58 bits per heavy atom. The quantitative estimate of drug-likeness (QED) is 0.557. The van der Waals surface area contributed by atoms with Gasteiger partial charge in [0.1, 0.15) is 0 Å². The van der Waals surface area contributed by atoms with Gasteiger partial charge in [0.15, 0.2) is 0 Å². The summed E-state index contributed by atoms with van der Waals surface area (Å²) in [6.45, 7) is 4.00. The molecular weight excluding hydrogens is 453 g/mol. The Hall–Kier alpha value is -2.11. The molecule has 1 saturated heterocycles. The number of halogens is 2. The average Bonchev–Trinajstić information content (AvgIpc) is 3.52. The number of hydrogen-bond acceptors (Lipinski definition) is 3. The molecule has 2 fully saturated rings. The Morgan fingerprint density at radius 1 is 0.909 bits per heavy atom. The van der Waals surface area contributed by atoms with Crippen molar-refractivity contribution in [2.45, 2.75) is 24.3 Å². The van der Waals surface area contributed by atoms with Crippen LogP contribution in [0.4, 0.5) is 0 Å². The van der Waals surface area contributed by atoms with Crippen LogP contribution in [0.5, 0.6) is 0 Å². The van der Waals surface area contributed by atoms with Crippen molar-refractivity contribution < 1.29 is 4.79 Å². The van der Waals surface area contributed by atoms with Crippen LogP contribution in [0.1, 0.15) is 23.5 Å². The molecular formula is C27H33Cl2N3O. The van der Waals surface area contributed by atoms with E-state index < -0.39 is 0 Å². The van der Waals surface area contributed by atoms with E-state index in [0.717, 1.165) is 39.0 Å². The zero-order chi connectivity index (χ0) is 21.3. The molecule has 2 aliphatic rings. The molecule has 5 rings (SSSR count). The molecule has 3 aromatic carbocycles.